The fourth-order valence-corrected chi connectivity index (χ4v) is 1.24. The first-order valence-electron chi connectivity index (χ1n) is 4.60. The maximum Gasteiger partial charge on any atom is 0.354 e. The summed E-state index contributed by atoms with van der Waals surface area (Å²) in [6.07, 6.45) is -0.481. The third-order valence-corrected chi connectivity index (χ3v) is 1.88. The predicted octanol–water partition coefficient (Wildman–Crippen LogP) is 0.597. The summed E-state index contributed by atoms with van der Waals surface area (Å²) in [4.78, 5) is 16.3. The number of nitrogens with zero attached hydrogens (tertiary/aromatic N) is 2. The van der Waals surface area contributed by atoms with Gasteiger partial charge in [0.2, 0.25) is 0 Å². The Labute approximate surface area is 88.0 Å². The molecule has 1 aromatic rings. The van der Waals surface area contributed by atoms with E-state index < -0.39 is 12.1 Å². The van der Waals surface area contributed by atoms with Crippen LogP contribution < -0.4 is 4.90 Å². The summed E-state index contributed by atoms with van der Waals surface area (Å²) in [5.41, 5.74) is 0.00458. The molecule has 5 nitrogen and oxygen atoms in total. The number of hydrogen-bond donors (Lipinski definition) is 2. The van der Waals surface area contributed by atoms with Crippen LogP contribution in [0.2, 0.25) is 0 Å². The topological polar surface area (TPSA) is 73.7 Å². The first-order valence-corrected chi connectivity index (χ1v) is 4.60. The molecule has 5 heteroatoms. The number of aliphatic hydroxyl groups excluding tert-OH is 1. The molecule has 15 heavy (non-hydrogen) atoms. The van der Waals surface area contributed by atoms with E-state index in [1.54, 1.807) is 31.0 Å². The zero-order valence-corrected chi connectivity index (χ0v) is 8.71. The molecule has 82 valence electrons. The SMILES string of the molecule is CC(O)CN(C)c1cccc(C(=O)O)n1. The Morgan fingerprint density at radius 1 is 1.60 bits per heavy atom. The van der Waals surface area contributed by atoms with Crippen molar-refractivity contribution in [2.45, 2.75) is 13.0 Å². The molecule has 0 spiro atoms. The van der Waals surface area contributed by atoms with Gasteiger partial charge in [-0.15, -0.1) is 0 Å². The lowest BCUT2D eigenvalue weighted by Gasteiger charge is -2.19. The summed E-state index contributed by atoms with van der Waals surface area (Å²) in [6, 6.07) is 4.77. The highest BCUT2D eigenvalue weighted by atomic mass is 16.4. The van der Waals surface area contributed by atoms with Gasteiger partial charge in [0.25, 0.3) is 0 Å². The monoisotopic (exact) mass is 210 g/mol. The number of carboxylic acids is 1. The van der Waals surface area contributed by atoms with Crippen molar-refractivity contribution in [1.82, 2.24) is 4.98 Å². The molecule has 0 saturated carbocycles. The van der Waals surface area contributed by atoms with E-state index in [0.29, 0.717) is 12.4 Å². The molecule has 0 aliphatic carbocycles. The first-order chi connectivity index (χ1) is 7.00. The molecule has 2 N–H and O–H groups in total. The normalized spacial score (nSPS) is 12.2. The second-order valence-electron chi connectivity index (χ2n) is 3.42. The van der Waals surface area contributed by atoms with Gasteiger partial charge in [0.1, 0.15) is 5.82 Å². The number of carbonyl (C=O) groups is 1. The van der Waals surface area contributed by atoms with Crippen molar-refractivity contribution in [2.75, 3.05) is 18.5 Å². The summed E-state index contributed by atoms with van der Waals surface area (Å²) in [5, 5.41) is 17.9. The third-order valence-electron chi connectivity index (χ3n) is 1.88. The predicted molar refractivity (Wildman–Crippen MR) is 56.1 cm³/mol. The lowest BCUT2D eigenvalue weighted by atomic mass is 10.3. The van der Waals surface area contributed by atoms with Crippen LogP contribution in [0, 0.1) is 0 Å². The van der Waals surface area contributed by atoms with Crippen molar-refractivity contribution in [1.29, 1.82) is 0 Å². The molecule has 0 amide bonds. The van der Waals surface area contributed by atoms with Gasteiger partial charge >= 0.3 is 5.97 Å². The summed E-state index contributed by atoms with van der Waals surface area (Å²) in [7, 11) is 1.75. The molecule has 0 aliphatic rings. The van der Waals surface area contributed by atoms with Gasteiger partial charge in [-0.2, -0.15) is 0 Å². The molecule has 1 rings (SSSR count). The van der Waals surface area contributed by atoms with Crippen LogP contribution in [0.4, 0.5) is 5.82 Å². The summed E-state index contributed by atoms with van der Waals surface area (Å²) in [6.45, 7) is 2.08. The van der Waals surface area contributed by atoms with Crippen molar-refractivity contribution in [3.8, 4) is 0 Å². The van der Waals surface area contributed by atoms with Gasteiger partial charge in [0.05, 0.1) is 6.10 Å². The molecule has 1 unspecified atom stereocenters. The number of likely N-dealkylation sites (N-methyl/N-ethyl adjacent to an activating group) is 1. The molecule has 1 aromatic heterocycles. The Hall–Kier alpha value is -1.62. The Balaban J connectivity index is 2.85. The fraction of sp³-hybridized carbons (Fsp3) is 0.400. The van der Waals surface area contributed by atoms with Gasteiger partial charge in [-0.05, 0) is 19.1 Å². The first kappa shape index (κ1) is 11.5. The zero-order chi connectivity index (χ0) is 11.4. The fourth-order valence-electron chi connectivity index (χ4n) is 1.24. The minimum Gasteiger partial charge on any atom is -0.477 e. The minimum atomic E-state index is -1.05. The molecule has 0 bridgehead atoms. The van der Waals surface area contributed by atoms with Crippen LogP contribution in [0.25, 0.3) is 0 Å². The van der Waals surface area contributed by atoms with E-state index in [4.69, 9.17) is 5.11 Å². The highest BCUT2D eigenvalue weighted by molar-refractivity contribution is 5.85. The number of aromatic carboxylic acids is 1. The summed E-state index contributed by atoms with van der Waals surface area (Å²) in [5.74, 6) is -0.516. The molecule has 1 atom stereocenters. The highest BCUT2D eigenvalue weighted by Crippen LogP contribution is 2.09. The van der Waals surface area contributed by atoms with Crippen molar-refractivity contribution in [2.24, 2.45) is 0 Å². The number of pyridine rings is 1. The van der Waals surface area contributed by atoms with Crippen molar-refractivity contribution >= 4 is 11.8 Å². The lowest BCUT2D eigenvalue weighted by Crippen LogP contribution is -2.27. The molecule has 1 heterocycles. The average molecular weight is 210 g/mol. The van der Waals surface area contributed by atoms with E-state index in [9.17, 15) is 9.90 Å². The van der Waals surface area contributed by atoms with Crippen LogP contribution in [0.3, 0.4) is 0 Å². The van der Waals surface area contributed by atoms with E-state index in [-0.39, 0.29) is 5.69 Å². The third kappa shape index (κ3) is 3.21. The molecule has 0 fully saturated rings. The largest absolute Gasteiger partial charge is 0.477 e. The molecule has 0 aromatic carbocycles. The highest BCUT2D eigenvalue weighted by Gasteiger charge is 2.09. The Morgan fingerprint density at radius 3 is 2.80 bits per heavy atom. The van der Waals surface area contributed by atoms with E-state index in [1.165, 1.54) is 6.07 Å². The van der Waals surface area contributed by atoms with E-state index in [0.717, 1.165) is 0 Å². The van der Waals surface area contributed by atoms with Crippen LogP contribution in [0.5, 0.6) is 0 Å². The number of aromatic nitrogens is 1. The van der Waals surface area contributed by atoms with Crippen LogP contribution in [0.1, 0.15) is 17.4 Å². The van der Waals surface area contributed by atoms with Gasteiger partial charge in [-0.1, -0.05) is 6.07 Å². The molecule has 0 aliphatic heterocycles. The van der Waals surface area contributed by atoms with Crippen LogP contribution in [0.15, 0.2) is 18.2 Å². The number of aliphatic hydroxyl groups is 1. The second-order valence-corrected chi connectivity index (χ2v) is 3.42. The Kier molecular flexibility index (Phi) is 3.62. The standard InChI is InChI=1S/C10H14N2O3/c1-7(13)6-12(2)9-5-3-4-8(11-9)10(14)15/h3-5,7,13H,6H2,1-2H3,(H,14,15). The van der Waals surface area contributed by atoms with Crippen molar-refractivity contribution in [3.63, 3.8) is 0 Å². The molecule has 0 radical (unpaired) electrons. The zero-order valence-electron chi connectivity index (χ0n) is 8.71. The molecule has 0 saturated heterocycles. The Bertz CT molecular complexity index is 352. The van der Waals surface area contributed by atoms with Gasteiger partial charge in [0, 0.05) is 13.6 Å². The average Bonchev–Trinajstić information content (AvgIpc) is 2.17. The van der Waals surface area contributed by atoms with Crippen molar-refractivity contribution < 1.29 is 15.0 Å². The van der Waals surface area contributed by atoms with Gasteiger partial charge in [0.15, 0.2) is 5.69 Å². The number of anilines is 1. The van der Waals surface area contributed by atoms with E-state index >= 15 is 0 Å². The van der Waals surface area contributed by atoms with Gasteiger partial charge in [-0.3, -0.25) is 0 Å². The summed E-state index contributed by atoms with van der Waals surface area (Å²) >= 11 is 0. The van der Waals surface area contributed by atoms with Crippen LogP contribution >= 0.6 is 0 Å². The van der Waals surface area contributed by atoms with Crippen molar-refractivity contribution in [3.05, 3.63) is 23.9 Å². The minimum absolute atomic E-state index is 0.00458. The van der Waals surface area contributed by atoms with E-state index in [2.05, 4.69) is 4.98 Å². The van der Waals surface area contributed by atoms with Gasteiger partial charge < -0.3 is 15.1 Å². The number of hydrogen-bond acceptors (Lipinski definition) is 4. The van der Waals surface area contributed by atoms with E-state index in [1.807, 2.05) is 0 Å². The number of rotatable bonds is 4. The maximum absolute atomic E-state index is 10.7. The maximum atomic E-state index is 10.7. The summed E-state index contributed by atoms with van der Waals surface area (Å²) < 4.78 is 0. The molecular formula is C10H14N2O3. The second kappa shape index (κ2) is 4.75. The molecular weight excluding hydrogens is 196 g/mol. The van der Waals surface area contributed by atoms with Crippen LogP contribution in [-0.4, -0.2) is 40.9 Å². The smallest absolute Gasteiger partial charge is 0.354 e. The van der Waals surface area contributed by atoms with Crippen LogP contribution in [-0.2, 0) is 0 Å². The lowest BCUT2D eigenvalue weighted by molar-refractivity contribution is 0.0690. The quantitative estimate of drug-likeness (QED) is 0.761. The van der Waals surface area contributed by atoms with Gasteiger partial charge in [-0.25, -0.2) is 9.78 Å². The Morgan fingerprint density at radius 2 is 2.27 bits per heavy atom. The number of carboxylic acid groups (broad SMARTS) is 1.